The molecule has 5 nitrogen and oxygen atoms in total. The summed E-state index contributed by atoms with van der Waals surface area (Å²) in [5.41, 5.74) is 0.455. The van der Waals surface area contributed by atoms with Crippen LogP contribution in [0.15, 0.2) is 24.3 Å². The smallest absolute Gasteiger partial charge is 0.333 e. The van der Waals surface area contributed by atoms with E-state index in [0.717, 1.165) is 6.42 Å². The molecule has 1 aliphatic heterocycles. The molecule has 2 atom stereocenters. The molecule has 1 aliphatic rings. The summed E-state index contributed by atoms with van der Waals surface area (Å²) in [5.74, 6) is -0.813. The standard InChI is InChI=1S/C16H24O5/c1-6-13-16(9-20-13,10-21-15(18)12(4)5)7-8-19-14(17)11(2)3/h13H,2,4,6-10H2,1,3,5H3. The second-order valence-corrected chi connectivity index (χ2v) is 5.59. The van der Waals surface area contributed by atoms with E-state index in [9.17, 15) is 9.59 Å². The van der Waals surface area contributed by atoms with Crippen molar-refractivity contribution in [1.82, 2.24) is 0 Å². The summed E-state index contributed by atoms with van der Waals surface area (Å²) in [5, 5.41) is 0. The van der Waals surface area contributed by atoms with Crippen LogP contribution in [0, 0.1) is 5.41 Å². The van der Waals surface area contributed by atoms with Gasteiger partial charge in [0.2, 0.25) is 0 Å². The number of rotatable bonds is 8. The minimum atomic E-state index is -0.407. The fourth-order valence-corrected chi connectivity index (χ4v) is 2.23. The van der Waals surface area contributed by atoms with Crippen molar-refractivity contribution in [1.29, 1.82) is 0 Å². The van der Waals surface area contributed by atoms with Crippen LogP contribution < -0.4 is 0 Å². The molecule has 2 unspecified atom stereocenters. The molecule has 0 aromatic rings. The molecule has 0 radical (unpaired) electrons. The lowest BCUT2D eigenvalue weighted by molar-refractivity contribution is -0.219. The molecule has 21 heavy (non-hydrogen) atoms. The zero-order valence-corrected chi connectivity index (χ0v) is 13.1. The molecule has 5 heteroatoms. The third kappa shape index (κ3) is 4.43. The first-order valence-electron chi connectivity index (χ1n) is 7.09. The van der Waals surface area contributed by atoms with E-state index in [2.05, 4.69) is 13.2 Å². The molecule has 0 aliphatic carbocycles. The largest absolute Gasteiger partial charge is 0.462 e. The Morgan fingerprint density at radius 2 is 1.76 bits per heavy atom. The Balaban J connectivity index is 2.55. The van der Waals surface area contributed by atoms with Gasteiger partial charge in [-0.25, -0.2) is 9.59 Å². The van der Waals surface area contributed by atoms with Gasteiger partial charge in [0.1, 0.15) is 6.61 Å². The fourth-order valence-electron chi connectivity index (χ4n) is 2.23. The maximum absolute atomic E-state index is 11.5. The molecule has 1 saturated heterocycles. The highest BCUT2D eigenvalue weighted by atomic mass is 16.6. The average molecular weight is 296 g/mol. The predicted molar refractivity (Wildman–Crippen MR) is 78.6 cm³/mol. The third-order valence-corrected chi connectivity index (χ3v) is 3.65. The van der Waals surface area contributed by atoms with Gasteiger partial charge in [0.25, 0.3) is 0 Å². The van der Waals surface area contributed by atoms with E-state index < -0.39 is 11.9 Å². The minimum absolute atomic E-state index is 0.0129. The van der Waals surface area contributed by atoms with Gasteiger partial charge in [-0.15, -0.1) is 0 Å². The molecule has 1 heterocycles. The monoisotopic (exact) mass is 296 g/mol. The van der Waals surface area contributed by atoms with Gasteiger partial charge in [-0.1, -0.05) is 20.1 Å². The van der Waals surface area contributed by atoms with E-state index in [1.807, 2.05) is 6.92 Å². The van der Waals surface area contributed by atoms with Crippen LogP contribution in [0.4, 0.5) is 0 Å². The summed E-state index contributed by atoms with van der Waals surface area (Å²) in [7, 11) is 0. The van der Waals surface area contributed by atoms with Crippen molar-refractivity contribution >= 4 is 11.9 Å². The van der Waals surface area contributed by atoms with Crippen molar-refractivity contribution in [2.75, 3.05) is 19.8 Å². The van der Waals surface area contributed by atoms with E-state index in [4.69, 9.17) is 14.2 Å². The highest BCUT2D eigenvalue weighted by molar-refractivity contribution is 5.87. The van der Waals surface area contributed by atoms with Crippen molar-refractivity contribution in [2.45, 2.75) is 39.7 Å². The van der Waals surface area contributed by atoms with Crippen molar-refractivity contribution in [3.8, 4) is 0 Å². The average Bonchev–Trinajstić information content (AvgIpc) is 2.40. The lowest BCUT2D eigenvalue weighted by Gasteiger charge is -2.48. The number of hydrogen-bond donors (Lipinski definition) is 0. The Morgan fingerprint density at radius 3 is 2.19 bits per heavy atom. The van der Waals surface area contributed by atoms with Gasteiger partial charge in [-0.3, -0.25) is 0 Å². The third-order valence-electron chi connectivity index (χ3n) is 3.65. The Morgan fingerprint density at radius 1 is 1.19 bits per heavy atom. The van der Waals surface area contributed by atoms with Crippen molar-refractivity contribution in [3.63, 3.8) is 0 Å². The zero-order valence-electron chi connectivity index (χ0n) is 13.1. The maximum atomic E-state index is 11.5. The molecule has 118 valence electrons. The minimum Gasteiger partial charge on any atom is -0.462 e. The Hall–Kier alpha value is -1.62. The van der Waals surface area contributed by atoms with E-state index >= 15 is 0 Å². The van der Waals surface area contributed by atoms with Gasteiger partial charge in [-0.05, 0) is 26.7 Å². The highest BCUT2D eigenvalue weighted by Gasteiger charge is 2.48. The lowest BCUT2D eigenvalue weighted by atomic mass is 9.75. The Kier molecular flexibility index (Phi) is 6.15. The topological polar surface area (TPSA) is 61.8 Å². The van der Waals surface area contributed by atoms with Gasteiger partial charge >= 0.3 is 11.9 Å². The first-order valence-corrected chi connectivity index (χ1v) is 7.09. The van der Waals surface area contributed by atoms with Crippen LogP contribution in [0.1, 0.15) is 33.6 Å². The Labute approximate surface area is 125 Å². The molecule has 0 aromatic carbocycles. The molecule has 0 N–H and O–H groups in total. The number of hydrogen-bond acceptors (Lipinski definition) is 5. The van der Waals surface area contributed by atoms with Crippen LogP contribution >= 0.6 is 0 Å². The normalized spacial score (nSPS) is 23.9. The summed E-state index contributed by atoms with van der Waals surface area (Å²) in [4.78, 5) is 22.9. The molecule has 0 amide bonds. The van der Waals surface area contributed by atoms with Gasteiger partial charge in [0.15, 0.2) is 0 Å². The van der Waals surface area contributed by atoms with Crippen molar-refractivity contribution in [3.05, 3.63) is 24.3 Å². The van der Waals surface area contributed by atoms with Gasteiger partial charge in [0.05, 0.1) is 24.7 Å². The van der Waals surface area contributed by atoms with Crippen molar-refractivity contribution < 1.29 is 23.8 Å². The zero-order chi connectivity index (χ0) is 16.0. The summed E-state index contributed by atoms with van der Waals surface area (Å²) in [6, 6.07) is 0. The second-order valence-electron chi connectivity index (χ2n) is 5.59. The van der Waals surface area contributed by atoms with Gasteiger partial charge < -0.3 is 14.2 Å². The maximum Gasteiger partial charge on any atom is 0.333 e. The van der Waals surface area contributed by atoms with Crippen molar-refractivity contribution in [2.24, 2.45) is 5.41 Å². The van der Waals surface area contributed by atoms with Crippen LogP contribution in [-0.2, 0) is 23.8 Å². The number of ether oxygens (including phenoxy) is 3. The highest BCUT2D eigenvalue weighted by Crippen LogP contribution is 2.40. The molecular formula is C16H24O5. The Bertz CT molecular complexity index is 438. The van der Waals surface area contributed by atoms with Crippen LogP contribution in [0.5, 0.6) is 0 Å². The van der Waals surface area contributed by atoms with E-state index in [1.54, 1.807) is 13.8 Å². The van der Waals surface area contributed by atoms with Crippen LogP contribution in [0.3, 0.4) is 0 Å². The molecule has 1 rings (SSSR count). The van der Waals surface area contributed by atoms with Crippen LogP contribution in [0.2, 0.25) is 0 Å². The molecule has 0 saturated carbocycles. The fraction of sp³-hybridized carbons (Fsp3) is 0.625. The van der Waals surface area contributed by atoms with Gasteiger partial charge in [-0.2, -0.15) is 0 Å². The lowest BCUT2D eigenvalue weighted by Crippen LogP contribution is -2.55. The van der Waals surface area contributed by atoms with Gasteiger partial charge in [0, 0.05) is 11.1 Å². The predicted octanol–water partition coefficient (Wildman–Crippen LogP) is 2.41. The van der Waals surface area contributed by atoms with E-state index in [1.165, 1.54) is 0 Å². The number of esters is 2. The van der Waals surface area contributed by atoms with Crippen LogP contribution in [-0.4, -0.2) is 37.9 Å². The first-order chi connectivity index (χ1) is 9.82. The summed E-state index contributed by atoms with van der Waals surface area (Å²) in [6.07, 6.45) is 1.42. The molecule has 0 spiro atoms. The summed E-state index contributed by atoms with van der Waals surface area (Å²) < 4.78 is 15.9. The second kappa shape index (κ2) is 7.41. The van der Waals surface area contributed by atoms with Crippen LogP contribution in [0.25, 0.3) is 0 Å². The van der Waals surface area contributed by atoms with E-state index in [0.29, 0.717) is 24.2 Å². The van der Waals surface area contributed by atoms with E-state index in [-0.39, 0.29) is 24.7 Å². The molecule has 1 fully saturated rings. The summed E-state index contributed by atoms with van der Waals surface area (Å²) >= 11 is 0. The first kappa shape index (κ1) is 17.4. The SMILES string of the molecule is C=C(C)C(=O)OCCC1(COC(=O)C(=C)C)COC1CC. The molecule has 0 bridgehead atoms. The number of carbonyl (C=O) groups is 2. The molecular weight excluding hydrogens is 272 g/mol. The number of carbonyl (C=O) groups excluding carboxylic acids is 2. The quantitative estimate of drug-likeness (QED) is 0.508. The summed E-state index contributed by atoms with van der Waals surface area (Å²) in [6.45, 7) is 13.3. The molecule has 0 aromatic heterocycles.